The van der Waals surface area contributed by atoms with Crippen LogP contribution in [0.5, 0.6) is 0 Å². The Labute approximate surface area is 95.5 Å². The van der Waals surface area contributed by atoms with Crippen molar-refractivity contribution in [3.63, 3.8) is 0 Å². The second kappa shape index (κ2) is 4.60. The van der Waals surface area contributed by atoms with Crippen LogP contribution in [0.2, 0.25) is 0 Å². The Morgan fingerprint density at radius 2 is 2.00 bits per heavy atom. The Balaban J connectivity index is 2.08. The molecular formula is C11H19N3S. The molecule has 3 nitrogen and oxygen atoms in total. The quantitative estimate of drug-likeness (QED) is 0.831. The predicted molar refractivity (Wildman–Crippen MR) is 64.4 cm³/mol. The number of aromatic nitrogens is 1. The molecule has 0 saturated carbocycles. The lowest BCUT2D eigenvalue weighted by Gasteiger charge is -2.31. The maximum atomic E-state index is 4.64. The van der Waals surface area contributed by atoms with Crippen LogP contribution >= 0.6 is 11.3 Å². The third-order valence-electron chi connectivity index (χ3n) is 3.10. The summed E-state index contributed by atoms with van der Waals surface area (Å²) >= 11 is 1.84. The lowest BCUT2D eigenvalue weighted by Crippen LogP contribution is -2.44. The molecule has 0 aromatic carbocycles. The Morgan fingerprint density at radius 1 is 1.33 bits per heavy atom. The van der Waals surface area contributed by atoms with Gasteiger partial charge in [0.25, 0.3) is 0 Å². The first-order valence-electron chi connectivity index (χ1n) is 5.57. The van der Waals surface area contributed by atoms with Crippen LogP contribution in [0.1, 0.15) is 28.5 Å². The highest BCUT2D eigenvalue weighted by atomic mass is 32.1. The van der Waals surface area contributed by atoms with E-state index in [-0.39, 0.29) is 0 Å². The van der Waals surface area contributed by atoms with E-state index in [1.54, 1.807) is 0 Å². The van der Waals surface area contributed by atoms with E-state index in [2.05, 4.69) is 36.0 Å². The fourth-order valence-corrected chi connectivity index (χ4v) is 2.91. The molecule has 1 aromatic heterocycles. The molecule has 0 bridgehead atoms. The van der Waals surface area contributed by atoms with Crippen molar-refractivity contribution in [1.29, 1.82) is 0 Å². The van der Waals surface area contributed by atoms with Gasteiger partial charge in [-0.1, -0.05) is 0 Å². The Bertz CT molecular complexity index is 309. The summed E-state index contributed by atoms with van der Waals surface area (Å²) in [7, 11) is 0. The molecule has 0 spiro atoms. The van der Waals surface area contributed by atoms with Crippen molar-refractivity contribution in [2.75, 3.05) is 26.2 Å². The SMILES string of the molecule is Cc1nc(C(C)N2CCNCC2)sc1C. The number of aryl methyl sites for hydroxylation is 2. The molecule has 4 heteroatoms. The summed E-state index contributed by atoms with van der Waals surface area (Å²) in [6, 6.07) is 0.476. The molecule has 0 aliphatic carbocycles. The van der Waals surface area contributed by atoms with Crippen LogP contribution in [0, 0.1) is 13.8 Å². The van der Waals surface area contributed by atoms with Gasteiger partial charge in [-0.25, -0.2) is 4.98 Å². The molecule has 1 atom stereocenters. The van der Waals surface area contributed by atoms with E-state index in [0.717, 1.165) is 26.2 Å². The minimum Gasteiger partial charge on any atom is -0.314 e. The Kier molecular flexibility index (Phi) is 3.38. The number of hydrogen-bond acceptors (Lipinski definition) is 4. The van der Waals surface area contributed by atoms with Crippen molar-refractivity contribution in [1.82, 2.24) is 15.2 Å². The van der Waals surface area contributed by atoms with E-state index in [4.69, 9.17) is 0 Å². The molecule has 84 valence electrons. The van der Waals surface area contributed by atoms with Gasteiger partial charge >= 0.3 is 0 Å². The summed E-state index contributed by atoms with van der Waals surface area (Å²) in [6.07, 6.45) is 0. The first-order chi connectivity index (χ1) is 7.18. The van der Waals surface area contributed by atoms with Crippen molar-refractivity contribution in [3.8, 4) is 0 Å². The van der Waals surface area contributed by atoms with Gasteiger partial charge in [0.15, 0.2) is 0 Å². The third-order valence-corrected chi connectivity index (χ3v) is 4.34. The van der Waals surface area contributed by atoms with Crippen LogP contribution in [-0.2, 0) is 0 Å². The van der Waals surface area contributed by atoms with Crippen molar-refractivity contribution in [2.24, 2.45) is 0 Å². The average Bonchev–Trinajstić information content (AvgIpc) is 2.59. The van der Waals surface area contributed by atoms with Crippen molar-refractivity contribution in [2.45, 2.75) is 26.8 Å². The molecule has 1 fully saturated rings. The second-order valence-corrected chi connectivity index (χ2v) is 5.39. The summed E-state index contributed by atoms with van der Waals surface area (Å²) < 4.78 is 0. The minimum atomic E-state index is 0.476. The highest BCUT2D eigenvalue weighted by Gasteiger charge is 2.20. The largest absolute Gasteiger partial charge is 0.314 e. The van der Waals surface area contributed by atoms with Crippen molar-refractivity contribution >= 4 is 11.3 Å². The molecule has 0 radical (unpaired) electrons. The smallest absolute Gasteiger partial charge is 0.110 e. The molecular weight excluding hydrogens is 206 g/mol. The molecule has 1 aliphatic heterocycles. The number of nitrogens with zero attached hydrogens (tertiary/aromatic N) is 2. The first-order valence-corrected chi connectivity index (χ1v) is 6.39. The average molecular weight is 225 g/mol. The van der Waals surface area contributed by atoms with Gasteiger partial charge in [0.1, 0.15) is 5.01 Å². The van der Waals surface area contributed by atoms with Crippen LogP contribution in [-0.4, -0.2) is 36.1 Å². The number of piperazine rings is 1. The number of rotatable bonds is 2. The summed E-state index contributed by atoms with van der Waals surface area (Å²) in [5.41, 5.74) is 1.19. The summed E-state index contributed by atoms with van der Waals surface area (Å²) in [5, 5.41) is 4.65. The van der Waals surface area contributed by atoms with Crippen molar-refractivity contribution < 1.29 is 0 Å². The van der Waals surface area contributed by atoms with Gasteiger partial charge in [0.2, 0.25) is 0 Å². The van der Waals surface area contributed by atoms with Gasteiger partial charge < -0.3 is 5.32 Å². The van der Waals surface area contributed by atoms with Crippen LogP contribution in [0.3, 0.4) is 0 Å². The summed E-state index contributed by atoms with van der Waals surface area (Å²) in [4.78, 5) is 8.50. The highest BCUT2D eigenvalue weighted by molar-refractivity contribution is 7.11. The van der Waals surface area contributed by atoms with E-state index in [1.165, 1.54) is 15.6 Å². The fraction of sp³-hybridized carbons (Fsp3) is 0.727. The highest BCUT2D eigenvalue weighted by Crippen LogP contribution is 2.26. The van der Waals surface area contributed by atoms with Crippen molar-refractivity contribution in [3.05, 3.63) is 15.6 Å². The molecule has 2 heterocycles. The third kappa shape index (κ3) is 2.38. The number of thiazole rings is 1. The lowest BCUT2D eigenvalue weighted by molar-refractivity contribution is 0.185. The fourth-order valence-electron chi connectivity index (χ4n) is 1.90. The van der Waals surface area contributed by atoms with Crippen LogP contribution < -0.4 is 5.32 Å². The molecule has 1 saturated heterocycles. The van der Waals surface area contributed by atoms with E-state index in [0.29, 0.717) is 6.04 Å². The normalized spacial score (nSPS) is 20.5. The van der Waals surface area contributed by atoms with Gasteiger partial charge in [-0.2, -0.15) is 0 Å². The first kappa shape index (κ1) is 11.0. The molecule has 1 aromatic rings. The molecule has 0 amide bonds. The topological polar surface area (TPSA) is 28.2 Å². The van der Waals surface area contributed by atoms with Crippen LogP contribution in [0.15, 0.2) is 0 Å². The van der Waals surface area contributed by atoms with E-state index >= 15 is 0 Å². The molecule has 1 N–H and O–H groups in total. The zero-order valence-corrected chi connectivity index (χ0v) is 10.5. The maximum absolute atomic E-state index is 4.64. The maximum Gasteiger partial charge on any atom is 0.110 e. The van der Waals surface area contributed by atoms with E-state index < -0.39 is 0 Å². The van der Waals surface area contributed by atoms with Gasteiger partial charge in [0, 0.05) is 31.1 Å². The van der Waals surface area contributed by atoms with Gasteiger partial charge in [-0.05, 0) is 20.8 Å². The lowest BCUT2D eigenvalue weighted by atomic mass is 10.2. The second-order valence-electron chi connectivity index (χ2n) is 4.16. The predicted octanol–water partition coefficient (Wildman–Crippen LogP) is 1.73. The molecule has 1 unspecified atom stereocenters. The molecule has 2 rings (SSSR count). The molecule has 15 heavy (non-hydrogen) atoms. The number of nitrogens with one attached hydrogen (secondary N) is 1. The van der Waals surface area contributed by atoms with Crippen LogP contribution in [0.25, 0.3) is 0 Å². The zero-order chi connectivity index (χ0) is 10.8. The molecule has 1 aliphatic rings. The van der Waals surface area contributed by atoms with Crippen LogP contribution in [0.4, 0.5) is 0 Å². The summed E-state index contributed by atoms with van der Waals surface area (Å²) in [6.45, 7) is 11.0. The summed E-state index contributed by atoms with van der Waals surface area (Å²) in [5.74, 6) is 0. The number of hydrogen-bond donors (Lipinski definition) is 1. The monoisotopic (exact) mass is 225 g/mol. The minimum absolute atomic E-state index is 0.476. The standard InChI is InChI=1S/C11H19N3S/c1-8-10(3)15-11(13-8)9(2)14-6-4-12-5-7-14/h9,12H,4-7H2,1-3H3. The van der Waals surface area contributed by atoms with E-state index in [1.807, 2.05) is 11.3 Å². The van der Waals surface area contributed by atoms with Gasteiger partial charge in [-0.3, -0.25) is 4.90 Å². The zero-order valence-electron chi connectivity index (χ0n) is 9.71. The Morgan fingerprint density at radius 3 is 2.53 bits per heavy atom. The Hall–Kier alpha value is -0.450. The van der Waals surface area contributed by atoms with E-state index in [9.17, 15) is 0 Å². The van der Waals surface area contributed by atoms with Gasteiger partial charge in [-0.15, -0.1) is 11.3 Å². The van der Waals surface area contributed by atoms with Gasteiger partial charge in [0.05, 0.1) is 11.7 Å².